The van der Waals surface area contributed by atoms with Gasteiger partial charge in [-0.3, -0.25) is 0 Å². The van der Waals surface area contributed by atoms with Gasteiger partial charge in [0.25, 0.3) is 0 Å². The van der Waals surface area contributed by atoms with Crippen LogP contribution in [-0.2, 0) is 10.0 Å². The third kappa shape index (κ3) is 4.60. The van der Waals surface area contributed by atoms with Crippen LogP contribution in [0.3, 0.4) is 0 Å². The molecule has 20 heavy (non-hydrogen) atoms. The highest BCUT2D eigenvalue weighted by Crippen LogP contribution is 2.16. The van der Waals surface area contributed by atoms with Crippen LogP contribution in [0.4, 0.5) is 4.39 Å². The molecule has 0 aliphatic carbocycles. The summed E-state index contributed by atoms with van der Waals surface area (Å²) in [5, 5.41) is 8.67. The lowest BCUT2D eigenvalue weighted by Crippen LogP contribution is -2.28. The normalized spacial score (nSPS) is 12.6. The van der Waals surface area contributed by atoms with E-state index in [-0.39, 0.29) is 16.4 Å². The van der Waals surface area contributed by atoms with E-state index in [0.29, 0.717) is 6.54 Å². The second kappa shape index (κ2) is 7.39. The number of rotatable bonds is 5. The largest absolute Gasteiger partial charge is 0.384 e. The Hall–Kier alpha value is -1.42. The number of halogens is 1. The summed E-state index contributed by atoms with van der Waals surface area (Å²) in [6.45, 7) is 3.79. The number of hydrogen-bond donors (Lipinski definition) is 2. The second-order valence-electron chi connectivity index (χ2n) is 4.47. The number of nitrogens with one attached hydrogen (secondary N) is 1. The lowest BCUT2D eigenvalue weighted by molar-refractivity contribution is 0.350. The Balaban J connectivity index is 3.11. The van der Waals surface area contributed by atoms with E-state index >= 15 is 0 Å². The van der Waals surface area contributed by atoms with Crippen LogP contribution < -0.4 is 4.72 Å². The number of sulfonamides is 1. The summed E-state index contributed by atoms with van der Waals surface area (Å²) in [4.78, 5) is -0.0804. The van der Waals surface area contributed by atoms with Crippen LogP contribution in [0.25, 0.3) is 0 Å². The molecule has 0 aliphatic rings. The fourth-order valence-electron chi connectivity index (χ4n) is 1.44. The van der Waals surface area contributed by atoms with Crippen LogP contribution >= 0.6 is 0 Å². The van der Waals surface area contributed by atoms with E-state index in [9.17, 15) is 12.8 Å². The molecule has 2 N–H and O–H groups in total. The monoisotopic (exact) mass is 299 g/mol. The molecule has 0 amide bonds. The van der Waals surface area contributed by atoms with Crippen molar-refractivity contribution < 1.29 is 17.9 Å². The molecule has 0 saturated carbocycles. The first-order valence-corrected chi connectivity index (χ1v) is 7.78. The predicted octanol–water partition coefficient (Wildman–Crippen LogP) is 1.49. The summed E-state index contributed by atoms with van der Waals surface area (Å²) >= 11 is 0. The Morgan fingerprint density at radius 3 is 2.75 bits per heavy atom. The zero-order valence-electron chi connectivity index (χ0n) is 11.5. The zero-order chi connectivity index (χ0) is 15.2. The molecule has 0 fully saturated rings. The van der Waals surface area contributed by atoms with Gasteiger partial charge in [-0.05, 0) is 24.1 Å². The van der Waals surface area contributed by atoms with Gasteiger partial charge < -0.3 is 5.11 Å². The zero-order valence-corrected chi connectivity index (χ0v) is 12.3. The SMILES string of the molecule is CCC(C)CNS(=O)(=O)c1ccc(F)cc1C#CCO. The first-order chi connectivity index (χ1) is 9.40. The molecule has 1 rings (SSSR count). The number of aliphatic hydroxyl groups is 1. The maximum absolute atomic E-state index is 13.2. The topological polar surface area (TPSA) is 66.4 Å². The molecule has 4 nitrogen and oxygen atoms in total. The third-order valence-electron chi connectivity index (χ3n) is 2.85. The quantitative estimate of drug-likeness (QED) is 0.810. The predicted molar refractivity (Wildman–Crippen MR) is 75.0 cm³/mol. The minimum Gasteiger partial charge on any atom is -0.384 e. The van der Waals surface area contributed by atoms with E-state index in [1.807, 2.05) is 13.8 Å². The Kier molecular flexibility index (Phi) is 6.14. The Morgan fingerprint density at radius 1 is 1.45 bits per heavy atom. The molecule has 0 bridgehead atoms. The summed E-state index contributed by atoms with van der Waals surface area (Å²) in [6.07, 6.45) is 0.850. The van der Waals surface area contributed by atoms with E-state index in [1.54, 1.807) is 0 Å². The van der Waals surface area contributed by atoms with Gasteiger partial charge in [-0.25, -0.2) is 17.5 Å². The van der Waals surface area contributed by atoms with E-state index in [4.69, 9.17) is 5.11 Å². The molecule has 0 saturated heterocycles. The lowest BCUT2D eigenvalue weighted by atomic mass is 10.1. The molecule has 1 aromatic rings. The van der Waals surface area contributed by atoms with Crippen molar-refractivity contribution in [2.45, 2.75) is 25.2 Å². The molecule has 0 aromatic heterocycles. The fraction of sp³-hybridized carbons (Fsp3) is 0.429. The highest BCUT2D eigenvalue weighted by Gasteiger charge is 2.18. The van der Waals surface area contributed by atoms with Crippen molar-refractivity contribution in [3.63, 3.8) is 0 Å². The van der Waals surface area contributed by atoms with Crippen LogP contribution in [0.1, 0.15) is 25.8 Å². The number of hydrogen-bond acceptors (Lipinski definition) is 3. The van der Waals surface area contributed by atoms with E-state index < -0.39 is 22.4 Å². The first-order valence-electron chi connectivity index (χ1n) is 6.29. The van der Waals surface area contributed by atoms with Gasteiger partial charge in [0.15, 0.2) is 0 Å². The highest BCUT2D eigenvalue weighted by atomic mass is 32.2. The minimum atomic E-state index is -3.74. The van der Waals surface area contributed by atoms with Gasteiger partial charge in [-0.1, -0.05) is 32.1 Å². The van der Waals surface area contributed by atoms with Crippen molar-refractivity contribution in [1.29, 1.82) is 0 Å². The van der Waals surface area contributed by atoms with Crippen LogP contribution in [0, 0.1) is 23.6 Å². The maximum Gasteiger partial charge on any atom is 0.241 e. The van der Waals surface area contributed by atoms with Crippen molar-refractivity contribution in [3.8, 4) is 11.8 Å². The van der Waals surface area contributed by atoms with Crippen molar-refractivity contribution in [2.24, 2.45) is 5.92 Å². The van der Waals surface area contributed by atoms with E-state index in [1.165, 1.54) is 6.07 Å². The van der Waals surface area contributed by atoms with Crippen LogP contribution in [0.5, 0.6) is 0 Å². The highest BCUT2D eigenvalue weighted by molar-refractivity contribution is 7.89. The molecule has 0 heterocycles. The van der Waals surface area contributed by atoms with Crippen molar-refractivity contribution in [2.75, 3.05) is 13.2 Å². The lowest BCUT2D eigenvalue weighted by Gasteiger charge is -2.12. The smallest absolute Gasteiger partial charge is 0.241 e. The molecule has 1 unspecified atom stereocenters. The molecule has 0 spiro atoms. The molecule has 110 valence electrons. The molecular weight excluding hydrogens is 281 g/mol. The Morgan fingerprint density at radius 2 is 2.15 bits per heavy atom. The van der Waals surface area contributed by atoms with Crippen LogP contribution in [0.2, 0.25) is 0 Å². The first kappa shape index (κ1) is 16.6. The Bertz CT molecular complexity index is 617. The van der Waals surface area contributed by atoms with Gasteiger partial charge in [0.05, 0.1) is 4.90 Å². The average Bonchev–Trinajstić information content (AvgIpc) is 2.42. The standard InChI is InChI=1S/C14H18FNO3S/c1-3-11(2)10-16-20(18,19)14-7-6-13(15)9-12(14)5-4-8-17/h6-7,9,11,16-17H,3,8,10H2,1-2H3. The van der Waals surface area contributed by atoms with Gasteiger partial charge in [-0.2, -0.15) is 0 Å². The second-order valence-corrected chi connectivity index (χ2v) is 6.20. The Labute approximate surface area is 119 Å². The van der Waals surface area contributed by atoms with Crippen molar-refractivity contribution in [1.82, 2.24) is 4.72 Å². The maximum atomic E-state index is 13.2. The molecule has 6 heteroatoms. The fourth-order valence-corrected chi connectivity index (χ4v) is 2.75. The van der Waals surface area contributed by atoms with Gasteiger partial charge in [-0.15, -0.1) is 0 Å². The third-order valence-corrected chi connectivity index (χ3v) is 4.33. The van der Waals surface area contributed by atoms with Crippen LogP contribution in [-0.4, -0.2) is 26.7 Å². The van der Waals surface area contributed by atoms with Crippen molar-refractivity contribution >= 4 is 10.0 Å². The summed E-state index contributed by atoms with van der Waals surface area (Å²) in [6, 6.07) is 3.29. The summed E-state index contributed by atoms with van der Waals surface area (Å²) in [5.41, 5.74) is 0.0377. The summed E-state index contributed by atoms with van der Waals surface area (Å²) in [7, 11) is -3.74. The number of benzene rings is 1. The molecular formula is C14H18FNO3S. The summed E-state index contributed by atoms with van der Waals surface area (Å²) < 4.78 is 40.0. The van der Waals surface area contributed by atoms with E-state index in [2.05, 4.69) is 16.6 Å². The van der Waals surface area contributed by atoms with Crippen LogP contribution in [0.15, 0.2) is 23.1 Å². The minimum absolute atomic E-state index is 0.0377. The van der Waals surface area contributed by atoms with Gasteiger partial charge in [0, 0.05) is 12.1 Å². The van der Waals surface area contributed by atoms with Gasteiger partial charge in [0.1, 0.15) is 12.4 Å². The molecule has 1 aromatic carbocycles. The average molecular weight is 299 g/mol. The molecule has 1 atom stereocenters. The number of aliphatic hydroxyl groups excluding tert-OH is 1. The molecule has 0 radical (unpaired) electrons. The van der Waals surface area contributed by atoms with E-state index in [0.717, 1.165) is 18.6 Å². The summed E-state index contributed by atoms with van der Waals surface area (Å²) in [5.74, 6) is 4.41. The molecule has 0 aliphatic heterocycles. The van der Waals surface area contributed by atoms with Crippen molar-refractivity contribution in [3.05, 3.63) is 29.6 Å². The van der Waals surface area contributed by atoms with Gasteiger partial charge >= 0.3 is 0 Å². The van der Waals surface area contributed by atoms with Gasteiger partial charge in [0.2, 0.25) is 10.0 Å².